The molecule has 0 saturated heterocycles. The van der Waals surface area contributed by atoms with Crippen LogP contribution in [0.1, 0.15) is 22.3 Å². The van der Waals surface area contributed by atoms with Crippen molar-refractivity contribution in [1.29, 1.82) is 0 Å². The Bertz CT molecular complexity index is 655. The van der Waals surface area contributed by atoms with Crippen LogP contribution >= 0.6 is 23.8 Å². The van der Waals surface area contributed by atoms with Crippen molar-refractivity contribution in [1.82, 2.24) is 0 Å². The highest BCUT2D eigenvalue weighted by Gasteiger charge is 2.05. The van der Waals surface area contributed by atoms with Crippen molar-refractivity contribution in [3.8, 4) is 5.75 Å². The maximum Gasteiger partial charge on any atom is 0.120 e. The highest BCUT2D eigenvalue weighted by atomic mass is 35.5. The fourth-order valence-corrected chi connectivity index (χ4v) is 2.14. The summed E-state index contributed by atoms with van der Waals surface area (Å²) in [5.74, 6) is 0.836. The van der Waals surface area contributed by atoms with Gasteiger partial charge in [-0.15, -0.1) is 0 Å². The monoisotopic (exact) mass is 305 g/mol. The first kappa shape index (κ1) is 14.8. The van der Waals surface area contributed by atoms with E-state index in [1.54, 1.807) is 6.07 Å². The lowest BCUT2D eigenvalue weighted by Gasteiger charge is -2.10. The Kier molecular flexibility index (Phi) is 4.63. The smallest absolute Gasteiger partial charge is 0.120 e. The summed E-state index contributed by atoms with van der Waals surface area (Å²) in [5.41, 5.74) is 9.69. The lowest BCUT2D eigenvalue weighted by molar-refractivity contribution is 0.306. The number of halogens is 1. The molecule has 0 aliphatic carbocycles. The minimum Gasteiger partial charge on any atom is -0.489 e. The van der Waals surface area contributed by atoms with Gasteiger partial charge in [-0.3, -0.25) is 0 Å². The number of aryl methyl sites for hydroxylation is 2. The van der Waals surface area contributed by atoms with Crippen LogP contribution in [0.25, 0.3) is 0 Å². The predicted molar refractivity (Wildman–Crippen MR) is 87.6 cm³/mol. The molecule has 2 N–H and O–H groups in total. The number of hydrogen-bond acceptors (Lipinski definition) is 2. The van der Waals surface area contributed by atoms with E-state index in [1.165, 1.54) is 11.1 Å². The Balaban J connectivity index is 2.10. The maximum absolute atomic E-state index is 6.20. The largest absolute Gasteiger partial charge is 0.489 e. The minimum atomic E-state index is 0.341. The molecule has 0 heterocycles. The average molecular weight is 306 g/mol. The highest BCUT2D eigenvalue weighted by molar-refractivity contribution is 7.80. The van der Waals surface area contributed by atoms with Gasteiger partial charge in [-0.05, 0) is 43.2 Å². The topological polar surface area (TPSA) is 35.2 Å². The molecular weight excluding hydrogens is 290 g/mol. The zero-order chi connectivity index (χ0) is 14.7. The molecular formula is C16H16ClNOS. The molecule has 0 amide bonds. The number of rotatable bonds is 4. The van der Waals surface area contributed by atoms with Crippen molar-refractivity contribution in [2.75, 3.05) is 0 Å². The average Bonchev–Trinajstić information content (AvgIpc) is 2.41. The van der Waals surface area contributed by atoms with E-state index < -0.39 is 0 Å². The lowest BCUT2D eigenvalue weighted by Crippen LogP contribution is -2.09. The molecule has 0 atom stereocenters. The summed E-state index contributed by atoms with van der Waals surface area (Å²) in [4.78, 5) is 0.341. The van der Waals surface area contributed by atoms with Gasteiger partial charge in [0.25, 0.3) is 0 Å². The Morgan fingerprint density at radius 3 is 2.50 bits per heavy atom. The summed E-state index contributed by atoms with van der Waals surface area (Å²) in [5, 5.41) is 0.610. The second-order valence-electron chi connectivity index (χ2n) is 4.71. The molecule has 0 fully saturated rings. The molecule has 0 saturated carbocycles. The molecule has 0 aliphatic heterocycles. The summed E-state index contributed by atoms with van der Waals surface area (Å²) in [6.07, 6.45) is 0. The maximum atomic E-state index is 6.20. The van der Waals surface area contributed by atoms with Crippen LogP contribution in [0.15, 0.2) is 36.4 Å². The van der Waals surface area contributed by atoms with Crippen LogP contribution in [-0.2, 0) is 6.61 Å². The van der Waals surface area contributed by atoms with E-state index in [1.807, 2.05) is 30.3 Å². The van der Waals surface area contributed by atoms with Gasteiger partial charge in [0.15, 0.2) is 0 Å². The lowest BCUT2D eigenvalue weighted by atomic mass is 10.1. The van der Waals surface area contributed by atoms with Gasteiger partial charge in [0.2, 0.25) is 0 Å². The van der Waals surface area contributed by atoms with Crippen molar-refractivity contribution < 1.29 is 4.74 Å². The number of nitrogens with two attached hydrogens (primary N) is 1. The van der Waals surface area contributed by atoms with E-state index in [9.17, 15) is 0 Å². The van der Waals surface area contributed by atoms with Gasteiger partial charge in [-0.2, -0.15) is 0 Å². The van der Waals surface area contributed by atoms with Gasteiger partial charge < -0.3 is 10.5 Å². The number of benzene rings is 2. The quantitative estimate of drug-likeness (QED) is 0.861. The molecule has 0 aliphatic rings. The summed E-state index contributed by atoms with van der Waals surface area (Å²) in [6, 6.07) is 11.5. The second-order valence-corrected chi connectivity index (χ2v) is 5.55. The molecule has 0 spiro atoms. The van der Waals surface area contributed by atoms with Crippen LogP contribution in [-0.4, -0.2) is 4.99 Å². The van der Waals surface area contributed by atoms with Gasteiger partial charge >= 0.3 is 0 Å². The molecule has 0 bridgehead atoms. The Hall–Kier alpha value is -1.58. The van der Waals surface area contributed by atoms with E-state index in [0.717, 1.165) is 16.9 Å². The van der Waals surface area contributed by atoms with Crippen LogP contribution in [0.5, 0.6) is 5.75 Å². The van der Waals surface area contributed by atoms with Gasteiger partial charge in [-0.25, -0.2) is 0 Å². The molecule has 0 unspecified atom stereocenters. The van der Waals surface area contributed by atoms with Crippen molar-refractivity contribution in [3.05, 3.63) is 63.7 Å². The van der Waals surface area contributed by atoms with Gasteiger partial charge in [0.05, 0.1) is 0 Å². The van der Waals surface area contributed by atoms with E-state index in [0.29, 0.717) is 16.6 Å². The fraction of sp³-hybridized carbons (Fsp3) is 0.188. The standard InChI is InChI=1S/C16H16ClNOS/c1-10-3-6-14(7-11(10)2)19-9-13-5-4-12(16(18)20)8-15(13)17/h3-8H,9H2,1-2H3,(H2,18,20). The molecule has 2 aromatic carbocycles. The normalized spacial score (nSPS) is 10.3. The van der Waals surface area contributed by atoms with E-state index in [4.69, 9.17) is 34.3 Å². The minimum absolute atomic E-state index is 0.341. The van der Waals surface area contributed by atoms with E-state index in [2.05, 4.69) is 13.8 Å². The van der Waals surface area contributed by atoms with Gasteiger partial charge in [0, 0.05) is 16.1 Å². The molecule has 2 aromatic rings. The SMILES string of the molecule is Cc1ccc(OCc2ccc(C(N)=S)cc2Cl)cc1C. The van der Waals surface area contributed by atoms with Gasteiger partial charge in [0.1, 0.15) is 17.3 Å². The van der Waals surface area contributed by atoms with Gasteiger partial charge in [-0.1, -0.05) is 42.0 Å². The Morgan fingerprint density at radius 1 is 1.15 bits per heavy atom. The third-order valence-corrected chi connectivity index (χ3v) is 3.80. The third-order valence-electron chi connectivity index (χ3n) is 3.21. The zero-order valence-corrected chi connectivity index (χ0v) is 13.0. The predicted octanol–water partition coefficient (Wildman–Crippen LogP) is 4.17. The van der Waals surface area contributed by atoms with Crippen molar-refractivity contribution in [3.63, 3.8) is 0 Å². The summed E-state index contributed by atoms with van der Waals surface area (Å²) < 4.78 is 5.76. The number of hydrogen-bond donors (Lipinski definition) is 1. The number of ether oxygens (including phenoxy) is 1. The van der Waals surface area contributed by atoms with E-state index >= 15 is 0 Å². The zero-order valence-electron chi connectivity index (χ0n) is 11.4. The summed E-state index contributed by atoms with van der Waals surface area (Å²) >= 11 is 11.1. The summed E-state index contributed by atoms with van der Waals surface area (Å²) in [6.45, 7) is 4.55. The third kappa shape index (κ3) is 3.50. The highest BCUT2D eigenvalue weighted by Crippen LogP contribution is 2.22. The Labute approximate surface area is 129 Å². The molecule has 2 nitrogen and oxygen atoms in total. The molecule has 0 aromatic heterocycles. The van der Waals surface area contributed by atoms with Crippen LogP contribution in [0.2, 0.25) is 5.02 Å². The Morgan fingerprint density at radius 2 is 1.90 bits per heavy atom. The van der Waals surface area contributed by atoms with Crippen molar-refractivity contribution in [2.45, 2.75) is 20.5 Å². The van der Waals surface area contributed by atoms with Crippen LogP contribution in [0.3, 0.4) is 0 Å². The van der Waals surface area contributed by atoms with Crippen LogP contribution < -0.4 is 10.5 Å². The molecule has 2 rings (SSSR count). The molecule has 0 radical (unpaired) electrons. The second kappa shape index (κ2) is 6.25. The first-order valence-corrected chi connectivity index (χ1v) is 7.04. The van der Waals surface area contributed by atoms with E-state index in [-0.39, 0.29) is 0 Å². The van der Waals surface area contributed by atoms with Crippen LogP contribution in [0.4, 0.5) is 0 Å². The molecule has 20 heavy (non-hydrogen) atoms. The first-order chi connectivity index (χ1) is 9.47. The van der Waals surface area contributed by atoms with Crippen molar-refractivity contribution in [2.24, 2.45) is 5.73 Å². The van der Waals surface area contributed by atoms with Crippen molar-refractivity contribution >= 4 is 28.8 Å². The molecule has 4 heteroatoms. The first-order valence-electron chi connectivity index (χ1n) is 6.25. The fourth-order valence-electron chi connectivity index (χ4n) is 1.78. The molecule has 104 valence electrons. The van der Waals surface area contributed by atoms with Crippen LogP contribution in [0, 0.1) is 13.8 Å². The number of thiocarbonyl (C=S) groups is 1. The summed E-state index contributed by atoms with van der Waals surface area (Å²) in [7, 11) is 0.